The molecule has 1 atom stereocenters. The summed E-state index contributed by atoms with van der Waals surface area (Å²) < 4.78 is 62.5. The van der Waals surface area contributed by atoms with Crippen LogP contribution in [0, 0.1) is 0 Å². The van der Waals surface area contributed by atoms with Gasteiger partial charge < -0.3 is 5.32 Å². The quantitative estimate of drug-likeness (QED) is 0.501. The van der Waals surface area contributed by atoms with Crippen molar-refractivity contribution in [3.63, 3.8) is 0 Å². The zero-order valence-electron chi connectivity index (χ0n) is 19.6. The van der Waals surface area contributed by atoms with Crippen LogP contribution in [0.1, 0.15) is 38.7 Å². The molecule has 2 heterocycles. The molecule has 0 aliphatic rings. The van der Waals surface area contributed by atoms with Gasteiger partial charge in [-0.3, -0.25) is 19.3 Å². The second-order valence-electron chi connectivity index (χ2n) is 7.10. The summed E-state index contributed by atoms with van der Waals surface area (Å²) >= 11 is 0. The van der Waals surface area contributed by atoms with E-state index in [1.807, 2.05) is 10.4 Å². The monoisotopic (exact) mass is 444 g/mol. The molecule has 2 aromatic carbocycles. The molecule has 0 unspecified atom stereocenters. The fourth-order valence-corrected chi connectivity index (χ4v) is 3.47. The Balaban J connectivity index is 1.69. The lowest BCUT2D eigenvalue weighted by molar-refractivity contribution is -0.140. The van der Waals surface area contributed by atoms with Crippen molar-refractivity contribution in [2.45, 2.75) is 19.1 Å². The molecule has 2 N–H and O–H groups in total. The van der Waals surface area contributed by atoms with E-state index in [1.54, 1.807) is 19.1 Å². The van der Waals surface area contributed by atoms with Crippen molar-refractivity contribution in [3.05, 3.63) is 82.2 Å². The van der Waals surface area contributed by atoms with Crippen LogP contribution in [-0.2, 0) is 6.18 Å². The van der Waals surface area contributed by atoms with Crippen LogP contribution in [0.15, 0.2) is 59.8 Å². The van der Waals surface area contributed by atoms with Crippen molar-refractivity contribution in [3.8, 4) is 11.1 Å². The molecule has 32 heavy (non-hydrogen) atoms. The molecular formula is C22H18F3N5O2. The predicted octanol–water partition coefficient (Wildman–Crippen LogP) is 3.77. The fourth-order valence-electron chi connectivity index (χ4n) is 3.47. The van der Waals surface area contributed by atoms with Gasteiger partial charge in [0.25, 0.3) is 11.5 Å². The Kier molecular flexibility index (Phi) is 4.40. The van der Waals surface area contributed by atoms with Crippen molar-refractivity contribution in [1.29, 1.82) is 0 Å². The van der Waals surface area contributed by atoms with Crippen LogP contribution >= 0.6 is 0 Å². The number of halogens is 3. The van der Waals surface area contributed by atoms with Crippen LogP contribution in [0.3, 0.4) is 0 Å². The van der Waals surface area contributed by atoms with Crippen LogP contribution in [-0.4, -0.2) is 32.6 Å². The third-order valence-corrected chi connectivity index (χ3v) is 5.18. The highest BCUT2D eigenvalue weighted by Crippen LogP contribution is 2.35. The standard InChI is InChI=1S/C22H18F3N5O2/c1-12(13-4-3-5-15(8-13)20(31)26-2)30-11-27-18-9-14(6-7-16(18)21(30)32)17-10-28-29-19(17)22(23,24)25/h3-12H,1-2H3,(H,26,31)(H,28,29)/t12-/m1/s1/i2D3. The molecule has 4 rings (SSSR count). The number of amides is 1. The van der Waals surface area contributed by atoms with Gasteiger partial charge in [0, 0.05) is 22.2 Å². The SMILES string of the molecule is [2H]C([2H])([2H])NC(=O)c1cccc([C@@H](C)n2cnc3cc(-c4cn[nH]c4C(F)(F)F)ccc3c2=O)c1. The number of hydrogen-bond acceptors (Lipinski definition) is 4. The minimum absolute atomic E-state index is 0.109. The third kappa shape index (κ3) is 3.75. The Labute approximate surface area is 184 Å². The summed E-state index contributed by atoms with van der Waals surface area (Å²) in [6.45, 7) is -0.945. The van der Waals surface area contributed by atoms with Gasteiger partial charge >= 0.3 is 6.18 Å². The molecule has 1 amide bonds. The number of H-pyrrole nitrogens is 1. The molecule has 2 aromatic heterocycles. The summed E-state index contributed by atoms with van der Waals surface area (Å²) in [6, 6.07) is 9.76. The van der Waals surface area contributed by atoms with Gasteiger partial charge in [-0.2, -0.15) is 18.3 Å². The number of aromatic amines is 1. The maximum Gasteiger partial charge on any atom is 0.433 e. The minimum atomic E-state index is -4.62. The van der Waals surface area contributed by atoms with Crippen LogP contribution in [0.2, 0.25) is 0 Å². The summed E-state index contributed by atoms with van der Waals surface area (Å²) in [5.74, 6) is -0.784. The molecule has 164 valence electrons. The third-order valence-electron chi connectivity index (χ3n) is 5.18. The molecule has 0 aliphatic carbocycles. The number of nitrogens with one attached hydrogen (secondary N) is 2. The normalized spacial score (nSPS) is 14.4. The van der Waals surface area contributed by atoms with Crippen LogP contribution in [0.4, 0.5) is 13.2 Å². The van der Waals surface area contributed by atoms with E-state index in [-0.39, 0.29) is 27.6 Å². The molecule has 0 radical (unpaired) electrons. The lowest BCUT2D eigenvalue weighted by Crippen LogP contribution is -2.25. The Bertz CT molecular complexity index is 1480. The molecule has 10 heteroatoms. The van der Waals surface area contributed by atoms with Gasteiger partial charge in [-0.25, -0.2) is 4.98 Å². The van der Waals surface area contributed by atoms with E-state index < -0.39 is 36.4 Å². The highest BCUT2D eigenvalue weighted by atomic mass is 19.4. The summed E-state index contributed by atoms with van der Waals surface area (Å²) in [5.41, 5.74) is -0.532. The molecule has 7 nitrogen and oxygen atoms in total. The summed E-state index contributed by atoms with van der Waals surface area (Å²) in [7, 11) is 0. The zero-order valence-corrected chi connectivity index (χ0v) is 16.6. The molecule has 0 saturated carbocycles. The Morgan fingerprint density at radius 1 is 1.25 bits per heavy atom. The zero-order chi connectivity index (χ0) is 25.5. The second kappa shape index (κ2) is 7.95. The van der Waals surface area contributed by atoms with Gasteiger partial charge in [0.05, 0.1) is 29.5 Å². The first kappa shape index (κ1) is 17.7. The Morgan fingerprint density at radius 2 is 2.06 bits per heavy atom. The van der Waals surface area contributed by atoms with Gasteiger partial charge in [0.1, 0.15) is 5.69 Å². The number of carbonyl (C=O) groups excluding carboxylic acids is 1. The topological polar surface area (TPSA) is 92.7 Å². The largest absolute Gasteiger partial charge is 0.433 e. The van der Waals surface area contributed by atoms with E-state index in [1.165, 1.54) is 41.2 Å². The van der Waals surface area contributed by atoms with Crippen molar-refractivity contribution in [1.82, 2.24) is 25.1 Å². The van der Waals surface area contributed by atoms with Crippen molar-refractivity contribution < 1.29 is 22.1 Å². The number of hydrogen-bond donors (Lipinski definition) is 2. The van der Waals surface area contributed by atoms with E-state index in [2.05, 4.69) is 10.1 Å². The van der Waals surface area contributed by atoms with Gasteiger partial charge in [-0.1, -0.05) is 18.2 Å². The van der Waals surface area contributed by atoms with E-state index in [0.29, 0.717) is 5.56 Å². The molecule has 0 saturated heterocycles. The first-order valence-corrected chi connectivity index (χ1v) is 9.39. The first-order chi connectivity index (χ1) is 16.3. The smallest absolute Gasteiger partial charge is 0.355 e. The molecule has 0 spiro atoms. The van der Waals surface area contributed by atoms with Gasteiger partial charge in [0.15, 0.2) is 0 Å². The van der Waals surface area contributed by atoms with Crippen molar-refractivity contribution >= 4 is 16.8 Å². The van der Waals surface area contributed by atoms with E-state index in [9.17, 15) is 22.8 Å². The van der Waals surface area contributed by atoms with Gasteiger partial charge in [-0.15, -0.1) is 0 Å². The fraction of sp³-hybridized carbons (Fsp3) is 0.182. The maximum absolute atomic E-state index is 13.2. The lowest BCUT2D eigenvalue weighted by atomic mass is 10.0. The number of benzene rings is 2. The molecule has 4 aromatic rings. The number of rotatable bonds is 4. The highest BCUT2D eigenvalue weighted by molar-refractivity contribution is 5.94. The number of carbonyl (C=O) groups is 1. The predicted molar refractivity (Wildman–Crippen MR) is 112 cm³/mol. The lowest BCUT2D eigenvalue weighted by Gasteiger charge is -2.17. The van der Waals surface area contributed by atoms with E-state index in [0.717, 1.165) is 6.20 Å². The van der Waals surface area contributed by atoms with Crippen LogP contribution in [0.25, 0.3) is 22.0 Å². The van der Waals surface area contributed by atoms with Gasteiger partial charge in [0.2, 0.25) is 0 Å². The van der Waals surface area contributed by atoms with Crippen LogP contribution < -0.4 is 10.9 Å². The highest BCUT2D eigenvalue weighted by Gasteiger charge is 2.36. The number of aromatic nitrogens is 4. The molecule has 0 aliphatic heterocycles. The summed E-state index contributed by atoms with van der Waals surface area (Å²) in [6.07, 6.45) is -2.29. The van der Waals surface area contributed by atoms with Gasteiger partial charge in [-0.05, 0) is 42.3 Å². The average molecular weight is 444 g/mol. The van der Waals surface area contributed by atoms with E-state index in [4.69, 9.17) is 4.11 Å². The average Bonchev–Trinajstić information content (AvgIpc) is 3.28. The second-order valence-corrected chi connectivity index (χ2v) is 7.10. The van der Waals surface area contributed by atoms with Crippen molar-refractivity contribution in [2.75, 3.05) is 6.98 Å². The molecule has 0 fully saturated rings. The number of nitrogens with zero attached hydrogens (tertiary/aromatic N) is 3. The maximum atomic E-state index is 13.2. The number of alkyl halides is 3. The van der Waals surface area contributed by atoms with E-state index >= 15 is 0 Å². The Hall–Kier alpha value is -3.95. The summed E-state index contributed by atoms with van der Waals surface area (Å²) in [4.78, 5) is 29.6. The molecular weight excluding hydrogens is 423 g/mol. The minimum Gasteiger partial charge on any atom is -0.355 e. The van der Waals surface area contributed by atoms with Crippen molar-refractivity contribution in [2.24, 2.45) is 0 Å². The summed E-state index contributed by atoms with van der Waals surface area (Å²) in [5, 5.41) is 7.53. The Morgan fingerprint density at radius 3 is 2.81 bits per heavy atom. The first-order valence-electron chi connectivity index (χ1n) is 10.9. The van der Waals surface area contributed by atoms with Crippen LogP contribution in [0.5, 0.6) is 0 Å². The number of fused-ring (bicyclic) bond motifs is 1. The molecule has 0 bridgehead atoms.